The highest BCUT2D eigenvalue weighted by molar-refractivity contribution is 6.24. The second kappa shape index (κ2) is 9.47. The Bertz CT molecular complexity index is 2740. The van der Waals surface area contributed by atoms with Gasteiger partial charge >= 0.3 is 0 Å². The van der Waals surface area contributed by atoms with Gasteiger partial charge in [0.15, 0.2) is 5.75 Å². The van der Waals surface area contributed by atoms with Gasteiger partial charge in [-0.2, -0.15) is 0 Å². The molecule has 5 heteroatoms. The summed E-state index contributed by atoms with van der Waals surface area (Å²) in [5, 5.41) is 7.91. The van der Waals surface area contributed by atoms with Crippen molar-refractivity contribution in [2.45, 2.75) is 19.3 Å². The highest BCUT2D eigenvalue weighted by Crippen LogP contribution is 2.55. The van der Waals surface area contributed by atoms with E-state index >= 15 is 0 Å². The fourth-order valence-corrected chi connectivity index (χ4v) is 7.74. The first-order chi connectivity index (χ1) is 23.1. The van der Waals surface area contributed by atoms with Crippen molar-refractivity contribution in [3.05, 3.63) is 145 Å². The Morgan fingerprint density at radius 2 is 1.38 bits per heavy atom. The zero-order chi connectivity index (χ0) is 31.3. The lowest BCUT2D eigenvalue weighted by molar-refractivity contribution is 0.424. The van der Waals surface area contributed by atoms with Crippen molar-refractivity contribution in [3.63, 3.8) is 0 Å². The molecule has 5 aromatic carbocycles. The van der Waals surface area contributed by atoms with Crippen molar-refractivity contribution in [2.24, 2.45) is 0 Å². The molecule has 10 rings (SSSR count). The van der Waals surface area contributed by atoms with Gasteiger partial charge in [-0.3, -0.25) is 9.55 Å². The molecule has 0 bridgehead atoms. The van der Waals surface area contributed by atoms with E-state index in [1.54, 1.807) is 6.20 Å². The topological polar surface area (TPSA) is 52.8 Å². The number of hydrogen-bond acceptors (Lipinski definition) is 4. The Hall–Kier alpha value is -6.07. The lowest BCUT2D eigenvalue weighted by Crippen LogP contribution is -2.25. The Balaban J connectivity index is 1.30. The zero-order valence-corrected chi connectivity index (χ0v) is 25.9. The van der Waals surface area contributed by atoms with Gasteiger partial charge < -0.3 is 4.74 Å². The predicted molar refractivity (Wildman–Crippen MR) is 191 cm³/mol. The van der Waals surface area contributed by atoms with Crippen molar-refractivity contribution in [2.75, 3.05) is 0 Å². The van der Waals surface area contributed by atoms with Crippen LogP contribution in [-0.4, -0.2) is 19.5 Å². The summed E-state index contributed by atoms with van der Waals surface area (Å²) in [4.78, 5) is 14.8. The van der Waals surface area contributed by atoms with E-state index in [0.717, 1.165) is 61.4 Å². The van der Waals surface area contributed by atoms with Crippen LogP contribution in [0.3, 0.4) is 0 Å². The third-order valence-corrected chi connectivity index (χ3v) is 9.88. The molecule has 0 saturated heterocycles. The Kier molecular flexibility index (Phi) is 5.28. The molecule has 0 aliphatic carbocycles. The van der Waals surface area contributed by atoms with Gasteiger partial charge in [-0.1, -0.05) is 98.8 Å². The average Bonchev–Trinajstić information content (AvgIpc) is 3.47. The van der Waals surface area contributed by atoms with Gasteiger partial charge in [0.05, 0.1) is 27.9 Å². The van der Waals surface area contributed by atoms with E-state index in [9.17, 15) is 0 Å². The number of fused-ring (bicyclic) bond motifs is 12. The molecule has 0 N–H and O–H groups in total. The molecule has 1 aliphatic rings. The lowest BCUT2D eigenvalue weighted by atomic mass is 9.73. The Morgan fingerprint density at radius 3 is 2.26 bits per heavy atom. The van der Waals surface area contributed by atoms with E-state index < -0.39 is 0 Å². The summed E-state index contributed by atoms with van der Waals surface area (Å²) in [6.07, 6.45) is 3.77. The highest BCUT2D eigenvalue weighted by Gasteiger charge is 2.38. The molecule has 5 nitrogen and oxygen atoms in total. The third-order valence-electron chi connectivity index (χ3n) is 9.88. The number of para-hydroxylation sites is 2. The molecule has 0 unspecified atom stereocenters. The number of rotatable bonds is 2. The second-order valence-corrected chi connectivity index (χ2v) is 12.9. The molecule has 0 saturated carbocycles. The maximum Gasteiger partial charge on any atom is 0.156 e. The first-order valence-corrected chi connectivity index (χ1v) is 15.9. The molecule has 0 amide bonds. The minimum atomic E-state index is -0.286. The van der Waals surface area contributed by atoms with E-state index in [2.05, 4.69) is 120 Å². The summed E-state index contributed by atoms with van der Waals surface area (Å²) >= 11 is 0. The monoisotopic (exact) mass is 604 g/mol. The number of benzene rings is 5. The van der Waals surface area contributed by atoms with Crippen LogP contribution in [0.15, 0.2) is 134 Å². The summed E-state index contributed by atoms with van der Waals surface area (Å²) < 4.78 is 9.25. The molecule has 1 aliphatic heterocycles. The number of pyridine rings is 3. The van der Waals surface area contributed by atoms with Crippen LogP contribution in [0.2, 0.25) is 0 Å². The van der Waals surface area contributed by atoms with E-state index in [0.29, 0.717) is 0 Å². The van der Waals surface area contributed by atoms with E-state index in [-0.39, 0.29) is 5.41 Å². The SMILES string of the molecule is CC1(C)c2ccccc2Oc2c1c1ccccc1c1c3ccccc3n(-c3cc4ccc5ccc(-c6ccccn6)nc5c4cn3)c21. The average molecular weight is 605 g/mol. The molecule has 222 valence electrons. The van der Waals surface area contributed by atoms with E-state index in [4.69, 9.17) is 14.7 Å². The largest absolute Gasteiger partial charge is 0.454 e. The minimum absolute atomic E-state index is 0.286. The van der Waals surface area contributed by atoms with Gasteiger partial charge in [0, 0.05) is 50.5 Å². The van der Waals surface area contributed by atoms with Crippen LogP contribution in [0.25, 0.3) is 71.5 Å². The van der Waals surface area contributed by atoms with Gasteiger partial charge in [0.25, 0.3) is 0 Å². The van der Waals surface area contributed by atoms with Crippen molar-refractivity contribution in [3.8, 4) is 28.7 Å². The van der Waals surface area contributed by atoms with Crippen LogP contribution in [0.5, 0.6) is 11.5 Å². The molecule has 0 fully saturated rings. The van der Waals surface area contributed by atoms with Crippen molar-refractivity contribution < 1.29 is 4.74 Å². The van der Waals surface area contributed by atoms with Gasteiger partial charge in [-0.05, 0) is 52.6 Å². The predicted octanol–water partition coefficient (Wildman–Crippen LogP) is 10.5. The molecule has 5 heterocycles. The molecule has 0 spiro atoms. The fourth-order valence-electron chi connectivity index (χ4n) is 7.74. The van der Waals surface area contributed by atoms with Crippen LogP contribution in [0, 0.1) is 0 Å². The van der Waals surface area contributed by atoms with Crippen LogP contribution in [0.4, 0.5) is 0 Å². The molecule has 0 radical (unpaired) electrons. The molecular weight excluding hydrogens is 576 g/mol. The standard InChI is InChI=1S/C42H28N4O/c1-42(2)31-14-6-8-17-35(31)47-41-38(42)28-12-4-3-11-27(28)37-29-13-5-7-16-34(29)46(40(37)41)36-23-26-19-18-25-20-21-33(32-15-9-10-22-43-32)45-39(25)30(26)24-44-36/h3-24H,1-2H3. The molecule has 9 aromatic rings. The van der Waals surface area contributed by atoms with Crippen LogP contribution < -0.4 is 4.74 Å². The number of aromatic nitrogens is 4. The number of hydrogen-bond donors (Lipinski definition) is 0. The fraction of sp³-hybridized carbons (Fsp3) is 0.0714. The lowest BCUT2D eigenvalue weighted by Gasteiger charge is -2.36. The quantitative estimate of drug-likeness (QED) is 0.184. The van der Waals surface area contributed by atoms with E-state index in [1.807, 2.05) is 30.5 Å². The van der Waals surface area contributed by atoms with Crippen LogP contribution in [0.1, 0.15) is 25.0 Å². The van der Waals surface area contributed by atoms with Crippen LogP contribution >= 0.6 is 0 Å². The Labute approximate surface area is 270 Å². The maximum absolute atomic E-state index is 6.96. The van der Waals surface area contributed by atoms with Crippen molar-refractivity contribution >= 4 is 54.3 Å². The van der Waals surface area contributed by atoms with Gasteiger partial charge in [-0.15, -0.1) is 0 Å². The number of nitrogens with zero attached hydrogens (tertiary/aromatic N) is 4. The normalized spacial score (nSPS) is 13.7. The van der Waals surface area contributed by atoms with Gasteiger partial charge in [-0.25, -0.2) is 9.97 Å². The van der Waals surface area contributed by atoms with E-state index in [1.165, 1.54) is 32.7 Å². The molecule has 4 aromatic heterocycles. The van der Waals surface area contributed by atoms with Gasteiger partial charge in [0.2, 0.25) is 0 Å². The minimum Gasteiger partial charge on any atom is -0.454 e. The second-order valence-electron chi connectivity index (χ2n) is 12.9. The smallest absolute Gasteiger partial charge is 0.156 e. The van der Waals surface area contributed by atoms with Gasteiger partial charge in [0.1, 0.15) is 11.6 Å². The first kappa shape index (κ1) is 26.2. The number of ether oxygens (including phenoxy) is 1. The summed E-state index contributed by atoms with van der Waals surface area (Å²) in [6, 6.07) is 42.3. The molecule has 47 heavy (non-hydrogen) atoms. The maximum atomic E-state index is 6.96. The highest BCUT2D eigenvalue weighted by atomic mass is 16.5. The summed E-state index contributed by atoms with van der Waals surface area (Å²) in [6.45, 7) is 4.62. The summed E-state index contributed by atoms with van der Waals surface area (Å²) in [5.74, 6) is 2.62. The molecular formula is C42H28N4O. The summed E-state index contributed by atoms with van der Waals surface area (Å²) in [5.41, 5.74) is 6.83. The van der Waals surface area contributed by atoms with Crippen molar-refractivity contribution in [1.29, 1.82) is 0 Å². The summed E-state index contributed by atoms with van der Waals surface area (Å²) in [7, 11) is 0. The van der Waals surface area contributed by atoms with Crippen molar-refractivity contribution in [1.82, 2.24) is 19.5 Å². The Morgan fingerprint density at radius 1 is 0.638 bits per heavy atom. The third kappa shape index (κ3) is 3.62. The molecule has 0 atom stereocenters. The van der Waals surface area contributed by atoms with Crippen LogP contribution in [-0.2, 0) is 5.41 Å². The first-order valence-electron chi connectivity index (χ1n) is 15.9. The zero-order valence-electron chi connectivity index (χ0n) is 25.9.